The minimum absolute atomic E-state index is 0.579. The average molecular weight is 192 g/mol. The van der Waals surface area contributed by atoms with Crippen LogP contribution in [0, 0.1) is 0 Å². The summed E-state index contributed by atoms with van der Waals surface area (Å²) in [4.78, 5) is 8.12. The fourth-order valence-electron chi connectivity index (χ4n) is 0.961. The van der Waals surface area contributed by atoms with Crippen LogP contribution in [-0.4, -0.2) is 19.7 Å². The molecule has 0 spiro atoms. The summed E-state index contributed by atoms with van der Waals surface area (Å²) in [6.07, 6.45) is 6.99. The highest BCUT2D eigenvalue weighted by Crippen LogP contribution is 2.04. The van der Waals surface area contributed by atoms with E-state index in [0.29, 0.717) is 11.7 Å². The van der Waals surface area contributed by atoms with Gasteiger partial charge in [0.25, 0.3) is 0 Å². The van der Waals surface area contributed by atoms with Crippen LogP contribution in [0.3, 0.4) is 0 Å². The zero-order chi connectivity index (χ0) is 9.10. The third-order valence-corrected chi connectivity index (χ3v) is 1.94. The van der Waals surface area contributed by atoms with Gasteiger partial charge in [0.1, 0.15) is 0 Å². The molecular formula is C8H8N4S. The van der Waals surface area contributed by atoms with Gasteiger partial charge in [0.15, 0.2) is 0 Å². The SMILES string of the molecule is SCc1cnn(-c2ncccn2)c1. The lowest BCUT2D eigenvalue weighted by molar-refractivity contribution is 0.807. The number of thiol groups is 1. The highest BCUT2D eigenvalue weighted by Gasteiger charge is 2.00. The molecule has 0 saturated carbocycles. The molecule has 4 nitrogen and oxygen atoms in total. The van der Waals surface area contributed by atoms with Crippen LogP contribution in [0.4, 0.5) is 0 Å². The van der Waals surface area contributed by atoms with E-state index in [2.05, 4.69) is 27.7 Å². The van der Waals surface area contributed by atoms with Crippen molar-refractivity contribution in [1.82, 2.24) is 19.7 Å². The number of nitrogens with zero attached hydrogens (tertiary/aromatic N) is 4. The van der Waals surface area contributed by atoms with Crippen LogP contribution in [0.25, 0.3) is 5.95 Å². The molecule has 0 fully saturated rings. The Morgan fingerprint density at radius 3 is 2.69 bits per heavy atom. The zero-order valence-corrected chi connectivity index (χ0v) is 7.72. The Kier molecular flexibility index (Phi) is 2.27. The summed E-state index contributed by atoms with van der Waals surface area (Å²) in [5.74, 6) is 1.25. The molecule has 0 unspecified atom stereocenters. The Morgan fingerprint density at radius 2 is 2.08 bits per heavy atom. The largest absolute Gasteiger partial charge is 0.250 e. The van der Waals surface area contributed by atoms with Crippen molar-refractivity contribution in [3.8, 4) is 5.95 Å². The van der Waals surface area contributed by atoms with Gasteiger partial charge in [-0.2, -0.15) is 17.7 Å². The molecule has 66 valence electrons. The highest BCUT2D eigenvalue weighted by molar-refractivity contribution is 7.79. The standard InChI is InChI=1S/C8H8N4S/c13-6-7-4-11-12(5-7)8-9-2-1-3-10-8/h1-5,13H,6H2. The van der Waals surface area contributed by atoms with Gasteiger partial charge in [-0.1, -0.05) is 0 Å². The summed E-state index contributed by atoms with van der Waals surface area (Å²) in [6.45, 7) is 0. The summed E-state index contributed by atoms with van der Waals surface area (Å²) < 4.78 is 1.63. The zero-order valence-electron chi connectivity index (χ0n) is 6.83. The summed E-state index contributed by atoms with van der Waals surface area (Å²) >= 11 is 4.14. The number of rotatable bonds is 2. The first-order valence-corrected chi connectivity index (χ1v) is 4.45. The van der Waals surface area contributed by atoms with E-state index in [0.717, 1.165) is 5.56 Å². The van der Waals surface area contributed by atoms with Crippen molar-refractivity contribution < 1.29 is 0 Å². The highest BCUT2D eigenvalue weighted by atomic mass is 32.1. The van der Waals surface area contributed by atoms with Gasteiger partial charge in [0.2, 0.25) is 5.95 Å². The minimum Gasteiger partial charge on any atom is -0.220 e. The lowest BCUT2D eigenvalue weighted by Crippen LogP contribution is -1.99. The number of hydrogen-bond acceptors (Lipinski definition) is 4. The Bertz CT molecular complexity index is 384. The molecule has 0 aliphatic heterocycles. The van der Waals surface area contributed by atoms with Crippen LogP contribution in [0.5, 0.6) is 0 Å². The Labute approximate surface area is 81.1 Å². The fourth-order valence-corrected chi connectivity index (χ4v) is 1.12. The van der Waals surface area contributed by atoms with Gasteiger partial charge in [0, 0.05) is 29.9 Å². The van der Waals surface area contributed by atoms with Crippen molar-refractivity contribution in [2.45, 2.75) is 5.75 Å². The van der Waals surface area contributed by atoms with Gasteiger partial charge in [0.05, 0.1) is 6.20 Å². The third-order valence-electron chi connectivity index (χ3n) is 1.58. The topological polar surface area (TPSA) is 43.6 Å². The van der Waals surface area contributed by atoms with E-state index in [4.69, 9.17) is 0 Å². The maximum Gasteiger partial charge on any atom is 0.250 e. The molecular weight excluding hydrogens is 184 g/mol. The van der Waals surface area contributed by atoms with Crippen molar-refractivity contribution in [1.29, 1.82) is 0 Å². The summed E-state index contributed by atoms with van der Waals surface area (Å²) in [5, 5.41) is 4.10. The van der Waals surface area contributed by atoms with Crippen molar-refractivity contribution in [3.63, 3.8) is 0 Å². The molecule has 0 aromatic carbocycles. The fraction of sp³-hybridized carbons (Fsp3) is 0.125. The smallest absolute Gasteiger partial charge is 0.220 e. The molecule has 2 aromatic heterocycles. The van der Waals surface area contributed by atoms with Gasteiger partial charge in [-0.05, 0) is 6.07 Å². The molecule has 2 aromatic rings. The molecule has 5 heteroatoms. The molecule has 2 rings (SSSR count). The van der Waals surface area contributed by atoms with Crippen LogP contribution in [0.2, 0.25) is 0 Å². The van der Waals surface area contributed by atoms with Gasteiger partial charge in [-0.3, -0.25) is 0 Å². The number of aromatic nitrogens is 4. The number of hydrogen-bond donors (Lipinski definition) is 1. The second-order valence-corrected chi connectivity index (χ2v) is 2.82. The van der Waals surface area contributed by atoms with E-state index in [1.54, 1.807) is 29.3 Å². The molecule has 0 radical (unpaired) electrons. The molecule has 2 heterocycles. The first-order chi connectivity index (χ1) is 6.40. The first kappa shape index (κ1) is 8.25. The van der Waals surface area contributed by atoms with Gasteiger partial charge in [-0.15, -0.1) is 0 Å². The summed E-state index contributed by atoms with van der Waals surface area (Å²) in [7, 11) is 0. The predicted molar refractivity (Wildman–Crippen MR) is 51.8 cm³/mol. The normalized spacial score (nSPS) is 10.2. The Balaban J connectivity index is 2.36. The minimum atomic E-state index is 0.579. The van der Waals surface area contributed by atoms with Crippen molar-refractivity contribution in [2.75, 3.05) is 0 Å². The van der Waals surface area contributed by atoms with Crippen LogP contribution in [-0.2, 0) is 5.75 Å². The van der Waals surface area contributed by atoms with E-state index in [1.165, 1.54) is 0 Å². The van der Waals surface area contributed by atoms with Gasteiger partial charge < -0.3 is 0 Å². The van der Waals surface area contributed by atoms with Crippen molar-refractivity contribution in [2.24, 2.45) is 0 Å². The summed E-state index contributed by atoms with van der Waals surface area (Å²) in [5.41, 5.74) is 1.05. The Hall–Kier alpha value is -1.36. The lowest BCUT2D eigenvalue weighted by Gasteiger charge is -1.95. The lowest BCUT2D eigenvalue weighted by atomic mass is 10.4. The van der Waals surface area contributed by atoms with E-state index >= 15 is 0 Å². The molecule has 0 atom stereocenters. The predicted octanol–water partition coefficient (Wildman–Crippen LogP) is 1.09. The molecule has 0 amide bonds. The monoisotopic (exact) mass is 192 g/mol. The molecule has 0 bridgehead atoms. The first-order valence-electron chi connectivity index (χ1n) is 3.82. The van der Waals surface area contributed by atoms with E-state index in [-0.39, 0.29) is 0 Å². The van der Waals surface area contributed by atoms with Crippen LogP contribution < -0.4 is 0 Å². The van der Waals surface area contributed by atoms with Crippen molar-refractivity contribution >= 4 is 12.6 Å². The second-order valence-electron chi connectivity index (χ2n) is 2.50. The molecule has 13 heavy (non-hydrogen) atoms. The van der Waals surface area contributed by atoms with Crippen LogP contribution in [0.15, 0.2) is 30.9 Å². The Morgan fingerprint density at radius 1 is 1.31 bits per heavy atom. The maximum absolute atomic E-state index is 4.14. The van der Waals surface area contributed by atoms with Gasteiger partial charge in [-0.25, -0.2) is 14.6 Å². The second kappa shape index (κ2) is 3.57. The average Bonchev–Trinajstić information content (AvgIpc) is 2.67. The third kappa shape index (κ3) is 1.70. The maximum atomic E-state index is 4.14. The van der Waals surface area contributed by atoms with Crippen LogP contribution in [0.1, 0.15) is 5.56 Å². The van der Waals surface area contributed by atoms with E-state index in [1.807, 2.05) is 6.20 Å². The van der Waals surface area contributed by atoms with E-state index in [9.17, 15) is 0 Å². The molecule has 0 aliphatic carbocycles. The van der Waals surface area contributed by atoms with Crippen molar-refractivity contribution in [3.05, 3.63) is 36.4 Å². The quantitative estimate of drug-likeness (QED) is 0.724. The van der Waals surface area contributed by atoms with Gasteiger partial charge >= 0.3 is 0 Å². The molecule has 0 saturated heterocycles. The summed E-state index contributed by atoms with van der Waals surface area (Å²) in [6, 6.07) is 1.77. The molecule has 0 N–H and O–H groups in total. The molecule has 0 aliphatic rings. The van der Waals surface area contributed by atoms with E-state index < -0.39 is 0 Å². The van der Waals surface area contributed by atoms with Crippen LogP contribution >= 0.6 is 12.6 Å².